The average molecular weight is 197 g/mol. The normalized spacial score (nSPS) is 45.7. The lowest BCUT2D eigenvalue weighted by Crippen LogP contribution is -2.18. The smallest absolute Gasteiger partial charge is 0.00112 e. The zero-order chi connectivity index (χ0) is 8.73. The lowest BCUT2D eigenvalue weighted by molar-refractivity contribution is 0.355. The molecule has 1 saturated carbocycles. The zero-order valence-corrected chi connectivity index (χ0v) is 9.04. The van der Waals surface area contributed by atoms with Crippen LogP contribution < -0.4 is 5.32 Å². The first-order valence-corrected chi connectivity index (χ1v) is 6.85. The molecule has 1 aliphatic carbocycles. The summed E-state index contributed by atoms with van der Waals surface area (Å²) in [5, 5.41) is 3.54. The highest BCUT2D eigenvalue weighted by atomic mass is 32.2. The summed E-state index contributed by atoms with van der Waals surface area (Å²) in [6.45, 7) is 2.62. The van der Waals surface area contributed by atoms with Crippen LogP contribution >= 0.6 is 11.8 Å². The summed E-state index contributed by atoms with van der Waals surface area (Å²) in [4.78, 5) is 0. The Hall–Kier alpha value is 0.310. The second kappa shape index (κ2) is 3.16. The van der Waals surface area contributed by atoms with Crippen molar-refractivity contribution in [2.45, 2.75) is 25.7 Å². The van der Waals surface area contributed by atoms with E-state index in [1.807, 2.05) is 0 Å². The van der Waals surface area contributed by atoms with Gasteiger partial charge in [0.1, 0.15) is 0 Å². The Bertz CT molecular complexity index is 192. The number of nitrogens with one attached hydrogen (secondary N) is 1. The summed E-state index contributed by atoms with van der Waals surface area (Å²) in [6, 6.07) is 0. The van der Waals surface area contributed by atoms with Gasteiger partial charge >= 0.3 is 0 Å². The quantitative estimate of drug-likeness (QED) is 0.691. The summed E-state index contributed by atoms with van der Waals surface area (Å²) in [6.07, 6.45) is 6.05. The van der Waals surface area contributed by atoms with E-state index in [4.69, 9.17) is 0 Å². The number of thioether (sulfide) groups is 1. The van der Waals surface area contributed by atoms with E-state index in [9.17, 15) is 0 Å². The van der Waals surface area contributed by atoms with Crippen LogP contribution in [0, 0.1) is 17.3 Å². The Morgan fingerprint density at radius 3 is 2.77 bits per heavy atom. The average Bonchev–Trinajstić information content (AvgIpc) is 2.66. The van der Waals surface area contributed by atoms with Gasteiger partial charge in [0.15, 0.2) is 0 Å². The van der Waals surface area contributed by atoms with Crippen LogP contribution in [0.3, 0.4) is 0 Å². The molecular formula is C11H19NS. The summed E-state index contributed by atoms with van der Waals surface area (Å²) >= 11 is 2.16. The van der Waals surface area contributed by atoms with Gasteiger partial charge in [0, 0.05) is 6.54 Å². The predicted molar refractivity (Wildman–Crippen MR) is 58.1 cm³/mol. The fourth-order valence-electron chi connectivity index (χ4n) is 3.42. The first kappa shape index (κ1) is 8.60. The molecule has 1 N–H and O–H groups in total. The van der Waals surface area contributed by atoms with Gasteiger partial charge in [-0.3, -0.25) is 0 Å². The second-order valence-corrected chi connectivity index (χ2v) is 6.27. The van der Waals surface area contributed by atoms with Crippen molar-refractivity contribution in [3.8, 4) is 0 Å². The molecule has 13 heavy (non-hydrogen) atoms. The molecule has 0 aromatic carbocycles. The Morgan fingerprint density at radius 1 is 1.23 bits per heavy atom. The van der Waals surface area contributed by atoms with E-state index in [2.05, 4.69) is 17.1 Å². The molecule has 0 amide bonds. The van der Waals surface area contributed by atoms with Gasteiger partial charge in [-0.25, -0.2) is 0 Å². The third-order valence-corrected chi connectivity index (χ3v) is 5.41. The summed E-state index contributed by atoms with van der Waals surface area (Å²) in [5.74, 6) is 5.08. The van der Waals surface area contributed by atoms with Crippen molar-refractivity contribution in [2.24, 2.45) is 17.3 Å². The maximum atomic E-state index is 3.54. The maximum absolute atomic E-state index is 3.54. The molecule has 2 saturated heterocycles. The van der Waals surface area contributed by atoms with Crippen molar-refractivity contribution in [3.05, 3.63) is 0 Å². The number of rotatable bonds is 1. The summed E-state index contributed by atoms with van der Waals surface area (Å²) in [5.41, 5.74) is 0.798. The molecule has 3 fully saturated rings. The van der Waals surface area contributed by atoms with Crippen LogP contribution in [0.4, 0.5) is 0 Å². The molecule has 2 heteroatoms. The minimum absolute atomic E-state index is 0.798. The van der Waals surface area contributed by atoms with E-state index < -0.39 is 0 Å². The third-order valence-electron chi connectivity index (χ3n) is 4.36. The van der Waals surface area contributed by atoms with Gasteiger partial charge in [0.25, 0.3) is 0 Å². The van der Waals surface area contributed by atoms with Crippen LogP contribution in [0.1, 0.15) is 25.7 Å². The van der Waals surface area contributed by atoms with E-state index in [0.29, 0.717) is 0 Å². The van der Waals surface area contributed by atoms with Gasteiger partial charge < -0.3 is 5.32 Å². The van der Waals surface area contributed by atoms with E-state index in [1.54, 1.807) is 6.42 Å². The molecule has 0 aromatic rings. The monoisotopic (exact) mass is 197 g/mol. The highest BCUT2D eigenvalue weighted by molar-refractivity contribution is 7.99. The van der Waals surface area contributed by atoms with Crippen molar-refractivity contribution in [2.75, 3.05) is 24.6 Å². The SMILES string of the molecule is C1CC2(CN1)CC2C1CCSCC1. The van der Waals surface area contributed by atoms with Crippen LogP contribution in [0.15, 0.2) is 0 Å². The highest BCUT2D eigenvalue weighted by Gasteiger charge is 2.57. The Balaban J connectivity index is 1.61. The topological polar surface area (TPSA) is 12.0 Å². The molecule has 3 aliphatic rings. The van der Waals surface area contributed by atoms with E-state index in [-0.39, 0.29) is 0 Å². The Kier molecular flexibility index (Phi) is 2.09. The molecule has 2 heterocycles. The standard InChI is InChI=1S/C11H19NS/c1-5-13-6-2-9(1)10-7-11(10)3-4-12-8-11/h9-10,12H,1-8H2. The fraction of sp³-hybridized carbons (Fsp3) is 1.00. The van der Waals surface area contributed by atoms with Crippen molar-refractivity contribution in [3.63, 3.8) is 0 Å². The minimum Gasteiger partial charge on any atom is -0.316 e. The molecule has 3 rings (SSSR count). The van der Waals surface area contributed by atoms with Gasteiger partial charge in [-0.1, -0.05) is 0 Å². The van der Waals surface area contributed by atoms with Crippen LogP contribution in [0.25, 0.3) is 0 Å². The second-order valence-electron chi connectivity index (χ2n) is 5.05. The predicted octanol–water partition coefficient (Wildman–Crippen LogP) is 2.13. The van der Waals surface area contributed by atoms with Gasteiger partial charge in [0.05, 0.1) is 0 Å². The van der Waals surface area contributed by atoms with Crippen molar-refractivity contribution < 1.29 is 0 Å². The van der Waals surface area contributed by atoms with Crippen LogP contribution in [-0.4, -0.2) is 24.6 Å². The molecule has 0 aromatic heterocycles. The molecule has 1 spiro atoms. The van der Waals surface area contributed by atoms with Crippen molar-refractivity contribution in [1.82, 2.24) is 5.32 Å². The minimum atomic E-state index is 0.798. The summed E-state index contributed by atoms with van der Waals surface area (Å²) in [7, 11) is 0. The van der Waals surface area contributed by atoms with Gasteiger partial charge in [0.2, 0.25) is 0 Å². The van der Waals surface area contributed by atoms with Crippen LogP contribution in [0.5, 0.6) is 0 Å². The fourth-order valence-corrected chi connectivity index (χ4v) is 4.56. The van der Waals surface area contributed by atoms with Gasteiger partial charge in [-0.2, -0.15) is 11.8 Å². The molecule has 2 aliphatic heterocycles. The van der Waals surface area contributed by atoms with Crippen LogP contribution in [-0.2, 0) is 0 Å². The molecule has 2 atom stereocenters. The highest BCUT2D eigenvalue weighted by Crippen LogP contribution is 2.61. The van der Waals surface area contributed by atoms with E-state index in [1.165, 1.54) is 43.9 Å². The zero-order valence-electron chi connectivity index (χ0n) is 8.22. The molecular weight excluding hydrogens is 178 g/mol. The maximum Gasteiger partial charge on any atom is 0.00112 e. The first-order chi connectivity index (χ1) is 6.41. The van der Waals surface area contributed by atoms with Crippen molar-refractivity contribution in [1.29, 1.82) is 0 Å². The molecule has 74 valence electrons. The first-order valence-electron chi connectivity index (χ1n) is 5.69. The van der Waals surface area contributed by atoms with Gasteiger partial charge in [-0.15, -0.1) is 0 Å². The van der Waals surface area contributed by atoms with E-state index in [0.717, 1.165) is 17.3 Å². The van der Waals surface area contributed by atoms with Crippen LogP contribution in [0.2, 0.25) is 0 Å². The van der Waals surface area contributed by atoms with Crippen molar-refractivity contribution >= 4 is 11.8 Å². The molecule has 0 radical (unpaired) electrons. The summed E-state index contributed by atoms with van der Waals surface area (Å²) < 4.78 is 0. The molecule has 2 unspecified atom stereocenters. The van der Waals surface area contributed by atoms with Gasteiger partial charge in [-0.05, 0) is 61.0 Å². The van der Waals surface area contributed by atoms with E-state index >= 15 is 0 Å². The molecule has 0 bridgehead atoms. The number of hydrogen-bond acceptors (Lipinski definition) is 2. The largest absolute Gasteiger partial charge is 0.316 e. The lowest BCUT2D eigenvalue weighted by atomic mass is 9.90. The number of hydrogen-bond donors (Lipinski definition) is 1. The third kappa shape index (κ3) is 1.42. The lowest BCUT2D eigenvalue weighted by Gasteiger charge is -2.23. The Labute approximate surface area is 85.0 Å². The molecule has 1 nitrogen and oxygen atoms in total. The Morgan fingerprint density at radius 2 is 2.08 bits per heavy atom.